The maximum absolute atomic E-state index is 11.9. The van der Waals surface area contributed by atoms with Gasteiger partial charge < -0.3 is 25.4 Å². The summed E-state index contributed by atoms with van der Waals surface area (Å²) in [5, 5.41) is 2.91. The molecule has 7 nitrogen and oxygen atoms in total. The van der Waals surface area contributed by atoms with E-state index in [1.54, 1.807) is 12.1 Å². The molecule has 1 aromatic rings. The fourth-order valence-electron chi connectivity index (χ4n) is 2.83. The molecule has 0 aliphatic carbocycles. The Kier molecular flexibility index (Phi) is 5.77. The zero-order valence-electron chi connectivity index (χ0n) is 15.3. The van der Waals surface area contributed by atoms with Crippen LogP contribution in [0.15, 0.2) is 18.2 Å². The number of nitrogens with zero attached hydrogens (tertiary/aromatic N) is 1. The Morgan fingerprint density at radius 1 is 1.24 bits per heavy atom. The molecule has 25 heavy (non-hydrogen) atoms. The number of benzene rings is 1. The van der Waals surface area contributed by atoms with E-state index in [9.17, 15) is 9.59 Å². The number of carbonyl (C=O) groups is 2. The van der Waals surface area contributed by atoms with Gasteiger partial charge in [-0.1, -0.05) is 0 Å². The summed E-state index contributed by atoms with van der Waals surface area (Å²) in [6.45, 7) is 7.06. The fourth-order valence-corrected chi connectivity index (χ4v) is 2.83. The van der Waals surface area contributed by atoms with Crippen molar-refractivity contribution in [2.45, 2.75) is 45.3 Å². The first-order valence-corrected chi connectivity index (χ1v) is 8.42. The smallest absolute Gasteiger partial charge is 0.407 e. The molecule has 1 fully saturated rings. The van der Waals surface area contributed by atoms with E-state index < -0.39 is 11.6 Å². The average Bonchev–Trinajstić information content (AvgIpc) is 2.53. The maximum Gasteiger partial charge on any atom is 0.407 e. The summed E-state index contributed by atoms with van der Waals surface area (Å²) in [6, 6.07) is 5.26. The van der Waals surface area contributed by atoms with Crippen molar-refractivity contribution in [2.24, 2.45) is 0 Å². The first kappa shape index (κ1) is 18.9. The first-order chi connectivity index (χ1) is 11.7. The number of nitrogen functional groups attached to an aromatic ring is 1. The summed E-state index contributed by atoms with van der Waals surface area (Å²) in [6.07, 6.45) is 1.22. The number of amides is 1. The molecule has 0 saturated carbocycles. The van der Waals surface area contributed by atoms with Gasteiger partial charge in [-0.3, -0.25) is 0 Å². The summed E-state index contributed by atoms with van der Waals surface area (Å²) >= 11 is 0. The van der Waals surface area contributed by atoms with Crippen LogP contribution in [0.4, 0.5) is 16.2 Å². The Bertz CT molecular complexity index is 632. The Morgan fingerprint density at radius 2 is 1.88 bits per heavy atom. The standard InChI is InChI=1S/C18H27N3O4/c1-18(2,3)25-17(23)20-13-7-9-21(10-8-13)15-6-5-12(11-14(15)19)16(22)24-4/h5-6,11,13H,7-10,19H2,1-4H3,(H,20,23). The van der Waals surface area contributed by atoms with E-state index >= 15 is 0 Å². The molecular formula is C18H27N3O4. The molecule has 1 heterocycles. The molecule has 0 radical (unpaired) electrons. The minimum atomic E-state index is -0.499. The van der Waals surface area contributed by atoms with Gasteiger partial charge in [-0.05, 0) is 51.8 Å². The number of alkyl carbamates (subject to hydrolysis) is 1. The fraction of sp³-hybridized carbons (Fsp3) is 0.556. The molecule has 3 N–H and O–H groups in total. The number of ether oxygens (including phenoxy) is 2. The average molecular weight is 349 g/mol. The van der Waals surface area contributed by atoms with Gasteiger partial charge in [-0.25, -0.2) is 9.59 Å². The van der Waals surface area contributed by atoms with Crippen molar-refractivity contribution < 1.29 is 19.1 Å². The highest BCUT2D eigenvalue weighted by Crippen LogP contribution is 2.27. The molecule has 7 heteroatoms. The molecule has 1 aliphatic heterocycles. The predicted molar refractivity (Wildman–Crippen MR) is 96.8 cm³/mol. The lowest BCUT2D eigenvalue weighted by Gasteiger charge is -2.35. The largest absolute Gasteiger partial charge is 0.465 e. The topological polar surface area (TPSA) is 93.9 Å². The van der Waals surface area contributed by atoms with Crippen LogP contribution < -0.4 is 16.0 Å². The number of hydrogen-bond acceptors (Lipinski definition) is 6. The molecule has 0 atom stereocenters. The van der Waals surface area contributed by atoms with Crippen LogP contribution >= 0.6 is 0 Å². The quantitative estimate of drug-likeness (QED) is 0.643. The number of methoxy groups -OCH3 is 1. The summed E-state index contributed by atoms with van der Waals surface area (Å²) in [4.78, 5) is 25.6. The van der Waals surface area contributed by atoms with Gasteiger partial charge in [0.15, 0.2) is 0 Å². The lowest BCUT2D eigenvalue weighted by Crippen LogP contribution is -2.46. The monoisotopic (exact) mass is 349 g/mol. The molecule has 138 valence electrons. The normalized spacial score (nSPS) is 15.6. The second-order valence-corrected chi connectivity index (χ2v) is 7.17. The summed E-state index contributed by atoms with van der Waals surface area (Å²) < 4.78 is 9.99. The predicted octanol–water partition coefficient (Wildman–Crippen LogP) is 2.55. The van der Waals surface area contributed by atoms with Gasteiger partial charge in [0, 0.05) is 19.1 Å². The minimum absolute atomic E-state index is 0.0849. The van der Waals surface area contributed by atoms with E-state index in [4.69, 9.17) is 15.2 Å². The van der Waals surface area contributed by atoms with Gasteiger partial charge >= 0.3 is 12.1 Å². The third kappa shape index (κ3) is 5.27. The van der Waals surface area contributed by atoms with Crippen LogP contribution in [0.3, 0.4) is 0 Å². The number of esters is 1. The van der Waals surface area contributed by atoms with Crippen LogP contribution in [-0.4, -0.2) is 43.9 Å². The van der Waals surface area contributed by atoms with Crippen molar-refractivity contribution >= 4 is 23.4 Å². The number of nitrogens with one attached hydrogen (secondary N) is 1. The van der Waals surface area contributed by atoms with Gasteiger partial charge in [-0.2, -0.15) is 0 Å². The summed E-state index contributed by atoms with van der Waals surface area (Å²) in [5.74, 6) is -0.404. The van der Waals surface area contributed by atoms with Crippen molar-refractivity contribution in [3.63, 3.8) is 0 Å². The molecule has 0 bridgehead atoms. The number of nitrogens with two attached hydrogens (primary N) is 1. The van der Waals surface area contributed by atoms with E-state index in [0.717, 1.165) is 31.6 Å². The van der Waals surface area contributed by atoms with Crippen molar-refractivity contribution in [3.05, 3.63) is 23.8 Å². The lowest BCUT2D eigenvalue weighted by atomic mass is 10.0. The second kappa shape index (κ2) is 7.63. The van der Waals surface area contributed by atoms with Crippen LogP contribution in [0.5, 0.6) is 0 Å². The Labute approximate surface area is 148 Å². The SMILES string of the molecule is COC(=O)c1ccc(N2CCC(NC(=O)OC(C)(C)C)CC2)c(N)c1. The third-order valence-corrected chi connectivity index (χ3v) is 4.01. The van der Waals surface area contributed by atoms with Gasteiger partial charge in [0.05, 0.1) is 24.0 Å². The highest BCUT2D eigenvalue weighted by atomic mass is 16.6. The number of piperidine rings is 1. The van der Waals surface area contributed by atoms with Crippen molar-refractivity contribution in [1.29, 1.82) is 0 Å². The van der Waals surface area contributed by atoms with Crippen LogP contribution in [0, 0.1) is 0 Å². The molecule has 1 aromatic carbocycles. The second-order valence-electron chi connectivity index (χ2n) is 7.17. The Balaban J connectivity index is 1.92. The van der Waals surface area contributed by atoms with Gasteiger partial charge in [0.2, 0.25) is 0 Å². The lowest BCUT2D eigenvalue weighted by molar-refractivity contribution is 0.0496. The van der Waals surface area contributed by atoms with Gasteiger partial charge in [-0.15, -0.1) is 0 Å². The van der Waals surface area contributed by atoms with E-state index in [1.165, 1.54) is 7.11 Å². The third-order valence-electron chi connectivity index (χ3n) is 4.01. The molecule has 0 aromatic heterocycles. The number of anilines is 2. The van der Waals surface area contributed by atoms with Gasteiger partial charge in [0.1, 0.15) is 5.60 Å². The van der Waals surface area contributed by atoms with Crippen LogP contribution in [0.25, 0.3) is 0 Å². The maximum atomic E-state index is 11.9. The van der Waals surface area contributed by atoms with Gasteiger partial charge in [0.25, 0.3) is 0 Å². The Hall–Kier alpha value is -2.44. The van der Waals surface area contributed by atoms with E-state index in [1.807, 2.05) is 26.8 Å². The zero-order chi connectivity index (χ0) is 18.6. The molecule has 1 amide bonds. The Morgan fingerprint density at radius 3 is 2.40 bits per heavy atom. The van der Waals surface area contributed by atoms with E-state index in [-0.39, 0.29) is 12.1 Å². The highest BCUT2D eigenvalue weighted by Gasteiger charge is 2.24. The van der Waals surface area contributed by atoms with Crippen molar-refractivity contribution in [2.75, 3.05) is 30.8 Å². The zero-order valence-corrected chi connectivity index (χ0v) is 15.3. The molecule has 1 aliphatic rings. The molecule has 2 rings (SSSR count). The molecule has 0 unspecified atom stereocenters. The number of carbonyl (C=O) groups excluding carboxylic acids is 2. The van der Waals surface area contributed by atoms with Crippen molar-refractivity contribution in [3.8, 4) is 0 Å². The summed E-state index contributed by atoms with van der Waals surface area (Å²) in [5.41, 5.74) is 7.46. The molecular weight excluding hydrogens is 322 g/mol. The number of hydrogen-bond donors (Lipinski definition) is 2. The first-order valence-electron chi connectivity index (χ1n) is 8.42. The summed E-state index contributed by atoms with van der Waals surface area (Å²) in [7, 11) is 1.34. The van der Waals surface area contributed by atoms with Crippen LogP contribution in [0.1, 0.15) is 44.0 Å². The van der Waals surface area contributed by atoms with E-state index in [2.05, 4.69) is 10.2 Å². The molecule has 1 saturated heterocycles. The highest BCUT2D eigenvalue weighted by molar-refractivity contribution is 5.92. The minimum Gasteiger partial charge on any atom is -0.465 e. The van der Waals surface area contributed by atoms with Crippen LogP contribution in [-0.2, 0) is 9.47 Å². The number of rotatable bonds is 3. The van der Waals surface area contributed by atoms with Crippen LogP contribution in [0.2, 0.25) is 0 Å². The molecule has 0 spiro atoms. The van der Waals surface area contributed by atoms with Crippen molar-refractivity contribution in [1.82, 2.24) is 5.32 Å². The van der Waals surface area contributed by atoms with E-state index in [0.29, 0.717) is 11.3 Å².